The minimum Gasteiger partial charge on any atom is -0.456 e. The minimum absolute atomic E-state index is 0.597. The van der Waals surface area contributed by atoms with E-state index in [-0.39, 0.29) is 0 Å². The first-order chi connectivity index (χ1) is 23.8. The van der Waals surface area contributed by atoms with Crippen LogP contribution in [0.25, 0.3) is 75.8 Å². The van der Waals surface area contributed by atoms with Crippen molar-refractivity contribution in [3.05, 3.63) is 158 Å². The monoisotopic (exact) mass is 634 g/mol. The first-order valence-corrected chi connectivity index (χ1v) is 16.8. The van der Waals surface area contributed by atoms with Crippen molar-refractivity contribution in [2.24, 2.45) is 0 Å². The maximum atomic E-state index is 6.40. The number of fused-ring (bicyclic) bond motifs is 8. The topological polar surface area (TPSA) is 42.4 Å². The highest BCUT2D eigenvalue weighted by molar-refractivity contribution is 7.26. The van der Waals surface area contributed by atoms with Gasteiger partial charge < -0.3 is 13.7 Å². The lowest BCUT2D eigenvalue weighted by Gasteiger charge is -2.27. The molecule has 0 saturated heterocycles. The Bertz CT molecular complexity index is 2780. The van der Waals surface area contributed by atoms with Gasteiger partial charge in [-0.3, -0.25) is 0 Å². The number of furan rings is 1. The Labute approximate surface area is 279 Å². The average Bonchev–Trinajstić information content (AvgIpc) is 3.86. The molecule has 0 bridgehead atoms. The lowest BCUT2D eigenvalue weighted by atomic mass is 10.0. The summed E-state index contributed by atoms with van der Waals surface area (Å²) in [4.78, 5) is 7.36. The van der Waals surface area contributed by atoms with Gasteiger partial charge in [0.05, 0.1) is 11.1 Å². The second-order valence-corrected chi connectivity index (χ2v) is 13.0. The molecule has 0 aliphatic carbocycles. The van der Waals surface area contributed by atoms with Gasteiger partial charge in [-0.2, -0.15) is 0 Å². The van der Waals surface area contributed by atoms with Crippen LogP contribution in [-0.4, -0.2) is 4.98 Å². The number of rotatable bonds is 5. The molecule has 0 aliphatic rings. The van der Waals surface area contributed by atoms with Gasteiger partial charge in [-0.15, -0.1) is 11.3 Å². The second kappa shape index (κ2) is 10.7. The summed E-state index contributed by atoms with van der Waals surface area (Å²) in [5.74, 6) is 0.597. The lowest BCUT2D eigenvalue weighted by molar-refractivity contribution is 0.619. The Morgan fingerprint density at radius 3 is 1.96 bits per heavy atom. The molecule has 0 radical (unpaired) electrons. The van der Waals surface area contributed by atoms with Gasteiger partial charge in [0, 0.05) is 42.5 Å². The summed E-state index contributed by atoms with van der Waals surface area (Å²) < 4.78 is 15.2. The number of anilines is 3. The molecule has 7 aromatic carbocycles. The molecule has 0 amide bonds. The molecule has 10 rings (SSSR count). The molecule has 4 nitrogen and oxygen atoms in total. The number of hydrogen-bond donors (Lipinski definition) is 0. The number of nitrogens with zero attached hydrogens (tertiary/aromatic N) is 2. The van der Waals surface area contributed by atoms with Crippen molar-refractivity contribution in [1.29, 1.82) is 0 Å². The Kier molecular flexibility index (Phi) is 6.01. The van der Waals surface area contributed by atoms with E-state index < -0.39 is 0 Å². The van der Waals surface area contributed by atoms with Gasteiger partial charge in [0.25, 0.3) is 0 Å². The molecule has 0 N–H and O–H groups in total. The van der Waals surface area contributed by atoms with Crippen LogP contribution in [0.15, 0.2) is 167 Å². The third-order valence-corrected chi connectivity index (χ3v) is 10.2. The van der Waals surface area contributed by atoms with Gasteiger partial charge >= 0.3 is 0 Å². The smallest absolute Gasteiger partial charge is 0.227 e. The Morgan fingerprint density at radius 2 is 1.12 bits per heavy atom. The zero-order valence-electron chi connectivity index (χ0n) is 25.6. The summed E-state index contributed by atoms with van der Waals surface area (Å²) in [5.41, 5.74) is 9.67. The Morgan fingerprint density at radius 1 is 0.458 bits per heavy atom. The quantitative estimate of drug-likeness (QED) is 0.189. The zero-order chi connectivity index (χ0) is 31.6. The molecule has 0 spiro atoms. The van der Waals surface area contributed by atoms with E-state index in [0.29, 0.717) is 5.89 Å². The summed E-state index contributed by atoms with van der Waals surface area (Å²) in [6, 6.07) is 55.1. The molecule has 226 valence electrons. The van der Waals surface area contributed by atoms with E-state index in [1.165, 1.54) is 31.3 Å². The van der Waals surface area contributed by atoms with Gasteiger partial charge in [-0.1, -0.05) is 84.9 Å². The SMILES string of the molecule is c1ccc(-c2ccc(N(c3ccc4oc5ccc6oc(-c7ccccc7)nc6c5c4c3)c3cccc4sc5ccccc5c34)cc2)cc1. The van der Waals surface area contributed by atoms with Crippen molar-refractivity contribution in [1.82, 2.24) is 4.98 Å². The fraction of sp³-hybridized carbons (Fsp3) is 0. The van der Waals surface area contributed by atoms with Crippen molar-refractivity contribution in [2.75, 3.05) is 4.90 Å². The molecule has 10 aromatic rings. The average molecular weight is 635 g/mol. The molecule has 48 heavy (non-hydrogen) atoms. The second-order valence-electron chi connectivity index (χ2n) is 11.9. The molecule has 3 heterocycles. The third-order valence-electron chi connectivity index (χ3n) is 9.11. The molecular weight excluding hydrogens is 609 g/mol. The van der Waals surface area contributed by atoms with Gasteiger partial charge in [0.2, 0.25) is 5.89 Å². The van der Waals surface area contributed by atoms with Crippen molar-refractivity contribution in [2.45, 2.75) is 0 Å². The molecule has 5 heteroatoms. The van der Waals surface area contributed by atoms with Crippen LogP contribution in [0.3, 0.4) is 0 Å². The lowest BCUT2D eigenvalue weighted by Crippen LogP contribution is -2.10. The highest BCUT2D eigenvalue weighted by atomic mass is 32.1. The van der Waals surface area contributed by atoms with Crippen LogP contribution in [0, 0.1) is 0 Å². The first kappa shape index (κ1) is 27.0. The standard InChI is InChI=1S/C43H26N2O2S/c1-3-10-27(11-4-1)28-18-20-30(21-19-28)45(34-15-9-17-39-40(34)32-14-7-8-16-38(32)48-39)31-22-23-35-33(26-31)41-36(46-35)24-25-37-42(41)44-43(47-37)29-12-5-2-6-13-29/h1-26H. The largest absolute Gasteiger partial charge is 0.456 e. The normalized spacial score (nSPS) is 11.8. The van der Waals surface area contributed by atoms with Crippen molar-refractivity contribution < 1.29 is 8.83 Å². The maximum absolute atomic E-state index is 6.40. The summed E-state index contributed by atoms with van der Waals surface area (Å²) in [6.07, 6.45) is 0. The van der Waals surface area contributed by atoms with Gasteiger partial charge in [0.15, 0.2) is 5.58 Å². The van der Waals surface area contributed by atoms with Crippen LogP contribution in [-0.2, 0) is 0 Å². The Hall–Kier alpha value is -6.17. The van der Waals surface area contributed by atoms with Gasteiger partial charge in [-0.05, 0) is 83.9 Å². The van der Waals surface area contributed by atoms with E-state index in [1.54, 1.807) is 0 Å². The van der Waals surface area contributed by atoms with E-state index in [1.807, 2.05) is 53.8 Å². The van der Waals surface area contributed by atoms with Crippen molar-refractivity contribution in [3.8, 4) is 22.6 Å². The fourth-order valence-corrected chi connectivity index (χ4v) is 8.01. The van der Waals surface area contributed by atoms with Gasteiger partial charge in [-0.25, -0.2) is 4.98 Å². The molecule has 0 saturated carbocycles. The zero-order valence-corrected chi connectivity index (χ0v) is 26.4. The molecule has 3 aromatic heterocycles. The summed E-state index contributed by atoms with van der Waals surface area (Å²) in [6.45, 7) is 0. The van der Waals surface area contributed by atoms with E-state index >= 15 is 0 Å². The summed E-state index contributed by atoms with van der Waals surface area (Å²) in [5, 5.41) is 4.45. The van der Waals surface area contributed by atoms with E-state index in [9.17, 15) is 0 Å². The number of oxazole rings is 1. The van der Waals surface area contributed by atoms with Crippen molar-refractivity contribution in [3.63, 3.8) is 0 Å². The minimum atomic E-state index is 0.597. The van der Waals surface area contributed by atoms with Gasteiger partial charge in [0.1, 0.15) is 16.7 Å². The molecule has 0 unspecified atom stereocenters. The molecule has 0 atom stereocenters. The predicted molar refractivity (Wildman–Crippen MR) is 200 cm³/mol. The van der Waals surface area contributed by atoms with Crippen LogP contribution < -0.4 is 4.90 Å². The number of benzene rings is 7. The highest BCUT2D eigenvalue weighted by Gasteiger charge is 2.21. The van der Waals surface area contributed by atoms with Crippen LogP contribution in [0.1, 0.15) is 0 Å². The van der Waals surface area contributed by atoms with E-state index in [0.717, 1.165) is 55.7 Å². The summed E-state index contributed by atoms with van der Waals surface area (Å²) >= 11 is 1.83. The highest BCUT2D eigenvalue weighted by Crippen LogP contribution is 2.46. The third kappa shape index (κ3) is 4.25. The van der Waals surface area contributed by atoms with E-state index in [4.69, 9.17) is 13.8 Å². The number of thiophene rings is 1. The fourth-order valence-electron chi connectivity index (χ4n) is 6.89. The first-order valence-electron chi connectivity index (χ1n) is 16.0. The predicted octanol–water partition coefficient (Wildman–Crippen LogP) is 12.9. The molecule has 0 aliphatic heterocycles. The number of hydrogen-bond acceptors (Lipinski definition) is 5. The van der Waals surface area contributed by atoms with Crippen LogP contribution >= 0.6 is 11.3 Å². The van der Waals surface area contributed by atoms with Crippen molar-refractivity contribution >= 4 is 81.6 Å². The van der Waals surface area contributed by atoms with Crippen LogP contribution in [0.5, 0.6) is 0 Å². The maximum Gasteiger partial charge on any atom is 0.227 e. The van der Waals surface area contributed by atoms with E-state index in [2.05, 4.69) is 120 Å². The molecular formula is C43H26N2O2S. The Balaban J connectivity index is 1.21. The molecule has 0 fully saturated rings. The van der Waals surface area contributed by atoms with Crippen LogP contribution in [0.2, 0.25) is 0 Å². The number of aromatic nitrogens is 1. The van der Waals surface area contributed by atoms with Crippen LogP contribution in [0.4, 0.5) is 17.1 Å². The summed E-state index contributed by atoms with van der Waals surface area (Å²) in [7, 11) is 0.